The van der Waals surface area contributed by atoms with Gasteiger partial charge < -0.3 is 5.11 Å². The Bertz CT molecular complexity index is 53.5. The molecule has 0 amide bonds. The fourth-order valence-electron chi connectivity index (χ4n) is 0.491. The zero-order valence-corrected chi connectivity index (χ0v) is 8.14. The summed E-state index contributed by atoms with van der Waals surface area (Å²) in [6.45, 7) is 6.74. The number of unbranched alkanes of at least 4 members (excludes halogenated alkanes) is 1. The minimum Gasteiger partial charge on any atom is -0.396 e. The molecular weight excluding hydrogens is 135 g/mol. The maximum atomic E-state index is 8.07. The Morgan fingerprint density at radius 3 is 1.91 bits per heavy atom. The van der Waals surface area contributed by atoms with Crippen molar-refractivity contribution in [2.45, 2.75) is 46.4 Å². The summed E-state index contributed by atoms with van der Waals surface area (Å²) in [6, 6.07) is 0. The van der Waals surface area contributed by atoms with Crippen molar-refractivity contribution in [3.8, 4) is 0 Å². The molecule has 11 heavy (non-hydrogen) atoms. The van der Waals surface area contributed by atoms with Crippen molar-refractivity contribution in [1.82, 2.24) is 0 Å². The maximum Gasteiger partial charge on any atom is 0.0653 e. The number of aliphatic hydroxyl groups is 1. The number of aliphatic hydroxyl groups excluding tert-OH is 1. The molecule has 0 aliphatic rings. The first-order valence-electron chi connectivity index (χ1n) is 4.49. The van der Waals surface area contributed by atoms with Crippen molar-refractivity contribution in [3.05, 3.63) is 0 Å². The first-order valence-corrected chi connectivity index (χ1v) is 4.49. The minimum atomic E-state index is 0.344. The Labute approximate surface area is 72.6 Å². The summed E-state index contributed by atoms with van der Waals surface area (Å²) in [4.78, 5) is 0. The van der Waals surface area contributed by atoms with Gasteiger partial charge in [-0.25, -0.2) is 0 Å². The molecule has 2 heteroatoms. The van der Waals surface area contributed by atoms with E-state index in [1.807, 2.05) is 0 Å². The summed E-state index contributed by atoms with van der Waals surface area (Å²) in [5.74, 6) is 0.773. The van der Waals surface area contributed by atoms with Gasteiger partial charge in [-0.3, -0.25) is 0 Å². The van der Waals surface area contributed by atoms with Crippen LogP contribution in [-0.2, 0) is 0 Å². The highest BCUT2D eigenvalue weighted by Crippen LogP contribution is 1.99. The van der Waals surface area contributed by atoms with E-state index in [1.54, 1.807) is 0 Å². The lowest BCUT2D eigenvalue weighted by atomic mass is 9.96. The van der Waals surface area contributed by atoms with Gasteiger partial charge in [-0.1, -0.05) is 39.9 Å². The quantitative estimate of drug-likeness (QED) is 0.619. The van der Waals surface area contributed by atoms with Gasteiger partial charge in [0.15, 0.2) is 0 Å². The molecule has 1 N–H and O–H groups in total. The van der Waals surface area contributed by atoms with Gasteiger partial charge >= 0.3 is 0 Å². The standard InChI is InChI=1S/C5H11B.C4H10O/c1-5(2)3-4-6;1-2-3-4-5/h5H,3-4H2,1-2H3;5H,2-4H2,1H3. The molecule has 0 unspecified atom stereocenters. The topological polar surface area (TPSA) is 20.2 Å². The van der Waals surface area contributed by atoms with Crippen LogP contribution in [0.15, 0.2) is 0 Å². The van der Waals surface area contributed by atoms with Gasteiger partial charge in [-0.05, 0) is 12.3 Å². The number of rotatable bonds is 4. The number of hydrogen-bond acceptors (Lipinski definition) is 1. The van der Waals surface area contributed by atoms with Gasteiger partial charge in [0.1, 0.15) is 0 Å². The van der Waals surface area contributed by atoms with E-state index in [0.717, 1.165) is 31.5 Å². The molecule has 0 heterocycles. The van der Waals surface area contributed by atoms with Crippen LogP contribution in [0.4, 0.5) is 0 Å². The van der Waals surface area contributed by atoms with Gasteiger partial charge in [0, 0.05) is 6.61 Å². The fraction of sp³-hybridized carbons (Fsp3) is 1.00. The van der Waals surface area contributed by atoms with Crippen LogP contribution in [-0.4, -0.2) is 19.6 Å². The van der Waals surface area contributed by atoms with Crippen LogP contribution in [0, 0.1) is 5.92 Å². The molecule has 0 spiro atoms. The Balaban J connectivity index is 0. The molecule has 0 aromatic heterocycles. The van der Waals surface area contributed by atoms with E-state index < -0.39 is 0 Å². The van der Waals surface area contributed by atoms with E-state index in [-0.39, 0.29) is 0 Å². The SMILES string of the molecule is CCCCO.[B]CCC(C)C. The number of hydrogen-bond donors (Lipinski definition) is 1. The predicted molar refractivity (Wildman–Crippen MR) is 52.0 cm³/mol. The second kappa shape index (κ2) is 12.7. The van der Waals surface area contributed by atoms with Gasteiger partial charge in [-0.2, -0.15) is 0 Å². The molecule has 0 saturated heterocycles. The van der Waals surface area contributed by atoms with Gasteiger partial charge in [0.25, 0.3) is 0 Å². The Morgan fingerprint density at radius 2 is 1.91 bits per heavy atom. The largest absolute Gasteiger partial charge is 0.396 e. The molecule has 0 rings (SSSR count). The summed E-state index contributed by atoms with van der Waals surface area (Å²) in [7, 11) is 5.23. The van der Waals surface area contributed by atoms with E-state index in [4.69, 9.17) is 13.0 Å². The zero-order chi connectivity index (χ0) is 9.11. The van der Waals surface area contributed by atoms with Crippen molar-refractivity contribution >= 4 is 7.85 Å². The van der Waals surface area contributed by atoms with Crippen molar-refractivity contribution in [2.75, 3.05) is 6.61 Å². The first-order chi connectivity index (χ1) is 5.18. The van der Waals surface area contributed by atoms with Crippen LogP contribution in [0.2, 0.25) is 6.32 Å². The molecule has 0 atom stereocenters. The molecule has 66 valence electrons. The van der Waals surface area contributed by atoms with E-state index in [9.17, 15) is 0 Å². The minimum absolute atomic E-state index is 0.344. The third-order valence-electron chi connectivity index (χ3n) is 1.26. The molecule has 0 aromatic rings. The van der Waals surface area contributed by atoms with Gasteiger partial charge in [-0.15, -0.1) is 0 Å². The molecule has 1 nitrogen and oxygen atoms in total. The van der Waals surface area contributed by atoms with E-state index in [2.05, 4.69) is 20.8 Å². The molecule has 0 saturated carbocycles. The highest BCUT2D eigenvalue weighted by Gasteiger charge is 1.85. The molecule has 2 radical (unpaired) electrons. The molecule has 0 fully saturated rings. The van der Waals surface area contributed by atoms with Crippen LogP contribution < -0.4 is 0 Å². The van der Waals surface area contributed by atoms with Crippen molar-refractivity contribution in [2.24, 2.45) is 5.92 Å². The van der Waals surface area contributed by atoms with Crippen molar-refractivity contribution in [1.29, 1.82) is 0 Å². The molecule has 0 aliphatic heterocycles. The van der Waals surface area contributed by atoms with Gasteiger partial charge in [0.2, 0.25) is 0 Å². The van der Waals surface area contributed by atoms with E-state index in [0.29, 0.717) is 6.61 Å². The summed E-state index contributed by atoms with van der Waals surface area (Å²) in [6.07, 6.45) is 4.02. The smallest absolute Gasteiger partial charge is 0.0653 e. The van der Waals surface area contributed by atoms with Crippen LogP contribution in [0.3, 0.4) is 0 Å². The average Bonchev–Trinajstić information content (AvgIpc) is 1.90. The average molecular weight is 156 g/mol. The van der Waals surface area contributed by atoms with Gasteiger partial charge in [0.05, 0.1) is 7.85 Å². The van der Waals surface area contributed by atoms with E-state index >= 15 is 0 Å². The Kier molecular flexibility index (Phi) is 15.7. The van der Waals surface area contributed by atoms with Crippen molar-refractivity contribution < 1.29 is 5.11 Å². The Hall–Kier alpha value is 0.0249. The lowest BCUT2D eigenvalue weighted by molar-refractivity contribution is 0.287. The first kappa shape index (κ1) is 13.6. The lowest BCUT2D eigenvalue weighted by Crippen LogP contribution is -1.83. The summed E-state index contributed by atoms with van der Waals surface area (Å²) in [5, 5.41) is 8.07. The molecular formula is C9H21BO. The Morgan fingerprint density at radius 1 is 1.36 bits per heavy atom. The second-order valence-electron chi connectivity index (χ2n) is 3.05. The van der Waals surface area contributed by atoms with Crippen LogP contribution in [0.1, 0.15) is 40.0 Å². The summed E-state index contributed by atoms with van der Waals surface area (Å²) < 4.78 is 0. The van der Waals surface area contributed by atoms with Crippen LogP contribution in [0.5, 0.6) is 0 Å². The van der Waals surface area contributed by atoms with Crippen LogP contribution in [0.25, 0.3) is 0 Å². The molecule has 0 bridgehead atoms. The summed E-state index contributed by atoms with van der Waals surface area (Å²) >= 11 is 0. The fourth-order valence-corrected chi connectivity index (χ4v) is 0.491. The third kappa shape index (κ3) is 25.6. The van der Waals surface area contributed by atoms with E-state index in [1.165, 1.54) is 0 Å². The monoisotopic (exact) mass is 156 g/mol. The van der Waals surface area contributed by atoms with Crippen LogP contribution >= 0.6 is 0 Å². The summed E-state index contributed by atoms with van der Waals surface area (Å²) in [5.41, 5.74) is 0. The maximum absolute atomic E-state index is 8.07. The highest BCUT2D eigenvalue weighted by molar-refractivity contribution is 6.08. The second-order valence-corrected chi connectivity index (χ2v) is 3.05. The molecule has 0 aliphatic carbocycles. The molecule has 0 aromatic carbocycles. The lowest BCUT2D eigenvalue weighted by Gasteiger charge is -1.96. The predicted octanol–water partition coefficient (Wildman–Crippen LogP) is 2.40. The highest BCUT2D eigenvalue weighted by atomic mass is 16.2. The van der Waals surface area contributed by atoms with Crippen molar-refractivity contribution in [3.63, 3.8) is 0 Å². The third-order valence-corrected chi connectivity index (χ3v) is 1.26. The normalized spacial score (nSPS) is 9.18. The zero-order valence-electron chi connectivity index (χ0n) is 8.14.